The number of nitrogens with zero attached hydrogens (tertiary/aromatic N) is 1. The van der Waals surface area contributed by atoms with Crippen LogP contribution in [0.25, 0.3) is 0 Å². The summed E-state index contributed by atoms with van der Waals surface area (Å²) in [7, 11) is 1.47. The van der Waals surface area contributed by atoms with Crippen LogP contribution in [0.15, 0.2) is 0 Å². The molecule has 0 radical (unpaired) electrons. The van der Waals surface area contributed by atoms with E-state index in [4.69, 9.17) is 4.74 Å². The number of nitrogens with one attached hydrogen (secondary N) is 1. The Labute approximate surface area is 110 Å². The van der Waals surface area contributed by atoms with Crippen LogP contribution >= 0.6 is 0 Å². The number of methoxy groups -OCH3 is 1. The van der Waals surface area contributed by atoms with Crippen LogP contribution in [-0.4, -0.2) is 43.8 Å². The summed E-state index contributed by atoms with van der Waals surface area (Å²) in [5, 5.41) is 3.63. The summed E-state index contributed by atoms with van der Waals surface area (Å²) >= 11 is 0. The monoisotopic (exact) mass is 254 g/mol. The zero-order valence-electron chi connectivity index (χ0n) is 11.8. The molecule has 1 aliphatic heterocycles. The topological polar surface area (TPSA) is 41.6 Å². The van der Waals surface area contributed by atoms with Gasteiger partial charge in [-0.05, 0) is 43.6 Å². The van der Waals surface area contributed by atoms with Gasteiger partial charge in [0.1, 0.15) is 0 Å². The van der Waals surface area contributed by atoms with E-state index in [1.807, 2.05) is 4.90 Å². The van der Waals surface area contributed by atoms with Gasteiger partial charge in [0.05, 0.1) is 7.11 Å². The number of rotatable bonds is 4. The first-order valence-electron chi connectivity index (χ1n) is 7.16. The van der Waals surface area contributed by atoms with E-state index in [9.17, 15) is 4.79 Å². The van der Waals surface area contributed by atoms with Crippen LogP contribution in [0.4, 0.5) is 4.79 Å². The standard InChI is InChI=1S/C14H26N2O2/c1-10(2)12-6-13(15-7-11-4-5-11)9-16(8-12)14(17)18-3/h10-13,15H,4-9H2,1-3H3. The molecule has 2 atom stereocenters. The Hall–Kier alpha value is -0.770. The van der Waals surface area contributed by atoms with Crippen molar-refractivity contribution in [3.05, 3.63) is 0 Å². The second-order valence-electron chi connectivity index (χ2n) is 6.16. The number of amides is 1. The smallest absolute Gasteiger partial charge is 0.409 e. The van der Waals surface area contributed by atoms with E-state index in [2.05, 4.69) is 19.2 Å². The quantitative estimate of drug-likeness (QED) is 0.835. The molecule has 0 bridgehead atoms. The van der Waals surface area contributed by atoms with Crippen molar-refractivity contribution in [2.75, 3.05) is 26.7 Å². The number of carbonyl (C=O) groups excluding carboxylic acids is 1. The summed E-state index contributed by atoms with van der Waals surface area (Å²) in [6, 6.07) is 0.436. The van der Waals surface area contributed by atoms with Crippen molar-refractivity contribution in [2.24, 2.45) is 17.8 Å². The number of piperidine rings is 1. The maximum atomic E-state index is 11.7. The lowest BCUT2D eigenvalue weighted by Crippen LogP contribution is -2.52. The maximum absolute atomic E-state index is 11.7. The van der Waals surface area contributed by atoms with E-state index >= 15 is 0 Å². The molecule has 18 heavy (non-hydrogen) atoms. The van der Waals surface area contributed by atoms with E-state index < -0.39 is 0 Å². The van der Waals surface area contributed by atoms with Crippen molar-refractivity contribution >= 4 is 6.09 Å². The third-order valence-electron chi connectivity index (χ3n) is 4.25. The summed E-state index contributed by atoms with van der Waals surface area (Å²) in [5.74, 6) is 2.08. The molecule has 0 spiro atoms. The van der Waals surface area contributed by atoms with Crippen molar-refractivity contribution in [3.63, 3.8) is 0 Å². The van der Waals surface area contributed by atoms with Crippen LogP contribution in [0.3, 0.4) is 0 Å². The Morgan fingerprint density at radius 3 is 2.67 bits per heavy atom. The molecule has 0 aromatic heterocycles. The van der Waals surface area contributed by atoms with Gasteiger partial charge >= 0.3 is 6.09 Å². The van der Waals surface area contributed by atoms with Gasteiger partial charge in [-0.1, -0.05) is 13.8 Å². The van der Waals surface area contributed by atoms with Gasteiger partial charge in [-0.25, -0.2) is 4.79 Å². The Morgan fingerprint density at radius 2 is 2.11 bits per heavy atom. The van der Waals surface area contributed by atoms with E-state index in [1.54, 1.807) is 0 Å². The minimum absolute atomic E-state index is 0.182. The van der Waals surface area contributed by atoms with Gasteiger partial charge in [-0.15, -0.1) is 0 Å². The minimum Gasteiger partial charge on any atom is -0.453 e. The predicted molar refractivity (Wildman–Crippen MR) is 71.4 cm³/mol. The van der Waals surface area contributed by atoms with Gasteiger partial charge in [0.2, 0.25) is 0 Å². The predicted octanol–water partition coefficient (Wildman–Crippen LogP) is 2.10. The molecule has 1 N–H and O–H groups in total. The molecule has 0 aromatic rings. The molecular formula is C14H26N2O2. The fraction of sp³-hybridized carbons (Fsp3) is 0.929. The van der Waals surface area contributed by atoms with Gasteiger partial charge in [-0.3, -0.25) is 0 Å². The normalized spacial score (nSPS) is 28.6. The highest BCUT2D eigenvalue weighted by molar-refractivity contribution is 5.67. The maximum Gasteiger partial charge on any atom is 0.409 e. The average molecular weight is 254 g/mol. The summed E-state index contributed by atoms with van der Waals surface area (Å²) in [6.45, 7) is 7.23. The Kier molecular flexibility index (Phi) is 4.49. The second-order valence-corrected chi connectivity index (χ2v) is 6.16. The zero-order valence-corrected chi connectivity index (χ0v) is 11.8. The molecule has 2 rings (SSSR count). The lowest BCUT2D eigenvalue weighted by Gasteiger charge is -2.39. The Morgan fingerprint density at radius 1 is 1.39 bits per heavy atom. The van der Waals surface area contributed by atoms with Crippen LogP contribution in [0.2, 0.25) is 0 Å². The molecule has 1 heterocycles. The number of hydrogen-bond donors (Lipinski definition) is 1. The number of hydrogen-bond acceptors (Lipinski definition) is 3. The molecule has 1 amide bonds. The Bertz CT molecular complexity index is 290. The first-order chi connectivity index (χ1) is 8.60. The lowest BCUT2D eigenvalue weighted by molar-refractivity contribution is 0.0809. The largest absolute Gasteiger partial charge is 0.453 e. The van der Waals surface area contributed by atoms with Crippen LogP contribution in [0.5, 0.6) is 0 Å². The zero-order chi connectivity index (χ0) is 13.1. The molecular weight excluding hydrogens is 228 g/mol. The molecule has 4 nitrogen and oxygen atoms in total. The first-order valence-corrected chi connectivity index (χ1v) is 7.16. The molecule has 1 saturated carbocycles. The van der Waals surface area contributed by atoms with Gasteiger partial charge < -0.3 is 15.0 Å². The van der Waals surface area contributed by atoms with Crippen molar-refractivity contribution in [3.8, 4) is 0 Å². The molecule has 104 valence electrons. The number of ether oxygens (including phenoxy) is 1. The van der Waals surface area contributed by atoms with Crippen LogP contribution in [0, 0.1) is 17.8 Å². The molecule has 2 unspecified atom stereocenters. The second kappa shape index (κ2) is 5.91. The van der Waals surface area contributed by atoms with Crippen molar-refractivity contribution in [2.45, 2.75) is 39.2 Å². The first kappa shape index (κ1) is 13.7. The van der Waals surface area contributed by atoms with Crippen molar-refractivity contribution < 1.29 is 9.53 Å². The number of carbonyl (C=O) groups is 1. The van der Waals surface area contributed by atoms with Gasteiger partial charge in [0.15, 0.2) is 0 Å². The van der Waals surface area contributed by atoms with E-state index in [-0.39, 0.29) is 6.09 Å². The molecule has 2 fully saturated rings. The summed E-state index contributed by atoms with van der Waals surface area (Å²) in [6.07, 6.45) is 3.73. The molecule has 1 saturated heterocycles. The third kappa shape index (κ3) is 3.61. The molecule has 2 aliphatic rings. The van der Waals surface area contributed by atoms with Crippen LogP contribution in [-0.2, 0) is 4.74 Å². The van der Waals surface area contributed by atoms with Gasteiger partial charge in [-0.2, -0.15) is 0 Å². The van der Waals surface area contributed by atoms with Crippen molar-refractivity contribution in [1.82, 2.24) is 10.2 Å². The van der Waals surface area contributed by atoms with Crippen LogP contribution < -0.4 is 5.32 Å². The average Bonchev–Trinajstić information content (AvgIpc) is 3.19. The summed E-state index contributed by atoms with van der Waals surface area (Å²) in [5.41, 5.74) is 0. The molecule has 4 heteroatoms. The highest BCUT2D eigenvalue weighted by Crippen LogP contribution is 2.29. The fourth-order valence-electron chi connectivity index (χ4n) is 2.70. The van der Waals surface area contributed by atoms with E-state index in [0.717, 1.165) is 25.6 Å². The third-order valence-corrected chi connectivity index (χ3v) is 4.25. The lowest BCUT2D eigenvalue weighted by atomic mass is 9.85. The molecule has 1 aliphatic carbocycles. The van der Waals surface area contributed by atoms with E-state index in [1.165, 1.54) is 26.4 Å². The summed E-state index contributed by atoms with van der Waals surface area (Å²) in [4.78, 5) is 13.6. The van der Waals surface area contributed by atoms with Gasteiger partial charge in [0.25, 0.3) is 0 Å². The highest BCUT2D eigenvalue weighted by Gasteiger charge is 2.32. The minimum atomic E-state index is -0.182. The van der Waals surface area contributed by atoms with Gasteiger partial charge in [0, 0.05) is 19.1 Å². The fourth-order valence-corrected chi connectivity index (χ4v) is 2.70. The van der Waals surface area contributed by atoms with Crippen LogP contribution in [0.1, 0.15) is 33.1 Å². The Balaban J connectivity index is 1.89. The summed E-state index contributed by atoms with van der Waals surface area (Å²) < 4.78 is 4.86. The van der Waals surface area contributed by atoms with E-state index in [0.29, 0.717) is 17.9 Å². The SMILES string of the molecule is COC(=O)N1CC(NCC2CC2)CC(C(C)C)C1. The molecule has 0 aromatic carbocycles. The highest BCUT2D eigenvalue weighted by atomic mass is 16.5. The number of likely N-dealkylation sites (tertiary alicyclic amines) is 1. The van der Waals surface area contributed by atoms with Crippen molar-refractivity contribution in [1.29, 1.82) is 0 Å².